The summed E-state index contributed by atoms with van der Waals surface area (Å²) in [4.78, 5) is 10.7. The highest BCUT2D eigenvalue weighted by molar-refractivity contribution is 5.84. The molecule has 16 heavy (non-hydrogen) atoms. The van der Waals surface area contributed by atoms with Gasteiger partial charge in [-0.1, -0.05) is 0 Å². The average molecular weight is 224 g/mol. The van der Waals surface area contributed by atoms with Crippen molar-refractivity contribution in [2.24, 2.45) is 0 Å². The van der Waals surface area contributed by atoms with Crippen molar-refractivity contribution in [3.63, 3.8) is 0 Å². The topological polar surface area (TPSA) is 73.6 Å². The van der Waals surface area contributed by atoms with Gasteiger partial charge in [0.2, 0.25) is 0 Å². The van der Waals surface area contributed by atoms with Gasteiger partial charge in [0.15, 0.2) is 0 Å². The fourth-order valence-electron chi connectivity index (χ4n) is 1.28. The highest BCUT2D eigenvalue weighted by atomic mass is 16.5. The van der Waals surface area contributed by atoms with E-state index in [9.17, 15) is 4.79 Å². The zero-order valence-electron chi connectivity index (χ0n) is 9.45. The lowest BCUT2D eigenvalue weighted by Crippen LogP contribution is -2.07. The maximum absolute atomic E-state index is 10.7. The van der Waals surface area contributed by atoms with E-state index in [1.54, 1.807) is 26.3 Å². The number of aldehydes is 1. The van der Waals surface area contributed by atoms with Gasteiger partial charge in [0.1, 0.15) is 18.6 Å². The lowest BCUT2D eigenvalue weighted by Gasteiger charge is -2.12. The third kappa shape index (κ3) is 2.87. The van der Waals surface area contributed by atoms with Crippen molar-refractivity contribution in [3.05, 3.63) is 17.7 Å². The van der Waals surface area contributed by atoms with Crippen LogP contribution in [0.4, 0.5) is 11.4 Å². The molecule has 0 bridgehead atoms. The molecular formula is C11H16N2O3. The van der Waals surface area contributed by atoms with Crippen LogP contribution < -0.4 is 15.8 Å². The molecule has 0 saturated heterocycles. The molecule has 0 atom stereocenters. The number of carbonyl (C=O) groups is 1. The molecule has 0 aliphatic carbocycles. The van der Waals surface area contributed by atoms with Crippen LogP contribution in [0.2, 0.25) is 0 Å². The van der Waals surface area contributed by atoms with E-state index in [0.29, 0.717) is 35.9 Å². The first kappa shape index (κ1) is 12.3. The molecular weight excluding hydrogens is 208 g/mol. The van der Waals surface area contributed by atoms with E-state index < -0.39 is 0 Å². The molecule has 5 heteroatoms. The van der Waals surface area contributed by atoms with Crippen LogP contribution >= 0.6 is 0 Å². The lowest BCUT2D eigenvalue weighted by molar-refractivity contribution is 0.112. The van der Waals surface area contributed by atoms with Gasteiger partial charge in [0, 0.05) is 19.7 Å². The van der Waals surface area contributed by atoms with E-state index in [1.807, 2.05) is 0 Å². The number of methoxy groups -OCH3 is 1. The molecule has 0 aromatic heterocycles. The minimum Gasteiger partial charge on any atom is -0.489 e. The van der Waals surface area contributed by atoms with Crippen LogP contribution in [0.1, 0.15) is 10.4 Å². The molecule has 0 heterocycles. The number of hydrogen-bond acceptors (Lipinski definition) is 5. The maximum Gasteiger partial charge on any atom is 0.150 e. The van der Waals surface area contributed by atoms with E-state index >= 15 is 0 Å². The van der Waals surface area contributed by atoms with Crippen LogP contribution in [0.5, 0.6) is 5.75 Å². The summed E-state index contributed by atoms with van der Waals surface area (Å²) >= 11 is 0. The standard InChI is InChI=1S/C11H16N2O3/c1-13-9-5-8(7-14)6-10(11(9)12)16-4-3-15-2/h5-7,13H,3-4,12H2,1-2H3. The predicted molar refractivity (Wildman–Crippen MR) is 63.2 cm³/mol. The van der Waals surface area contributed by atoms with Gasteiger partial charge in [0.25, 0.3) is 0 Å². The van der Waals surface area contributed by atoms with Gasteiger partial charge in [-0.15, -0.1) is 0 Å². The first-order valence-electron chi connectivity index (χ1n) is 4.91. The molecule has 88 valence electrons. The lowest BCUT2D eigenvalue weighted by atomic mass is 10.1. The van der Waals surface area contributed by atoms with Crippen molar-refractivity contribution in [1.82, 2.24) is 0 Å². The average Bonchev–Trinajstić information content (AvgIpc) is 2.31. The Morgan fingerprint density at radius 1 is 1.44 bits per heavy atom. The van der Waals surface area contributed by atoms with Gasteiger partial charge < -0.3 is 20.5 Å². The zero-order valence-corrected chi connectivity index (χ0v) is 9.45. The molecule has 0 aliphatic heterocycles. The fourth-order valence-corrected chi connectivity index (χ4v) is 1.28. The smallest absolute Gasteiger partial charge is 0.150 e. The summed E-state index contributed by atoms with van der Waals surface area (Å²) < 4.78 is 10.3. The number of nitrogens with one attached hydrogen (secondary N) is 1. The summed E-state index contributed by atoms with van der Waals surface area (Å²) in [5, 5.41) is 2.91. The van der Waals surface area contributed by atoms with Gasteiger partial charge in [0.05, 0.1) is 18.0 Å². The molecule has 1 aromatic rings. The number of nitrogen functional groups attached to an aromatic ring is 1. The maximum atomic E-state index is 10.7. The Bertz CT molecular complexity index is 366. The van der Waals surface area contributed by atoms with Crippen LogP contribution in [0.25, 0.3) is 0 Å². The molecule has 0 amide bonds. The number of nitrogens with two attached hydrogens (primary N) is 1. The highest BCUT2D eigenvalue weighted by Crippen LogP contribution is 2.30. The third-order valence-electron chi connectivity index (χ3n) is 2.11. The highest BCUT2D eigenvalue weighted by Gasteiger charge is 2.08. The summed E-state index contributed by atoms with van der Waals surface area (Å²) in [6.45, 7) is 0.867. The van der Waals surface area contributed by atoms with Crippen molar-refractivity contribution < 1.29 is 14.3 Å². The van der Waals surface area contributed by atoms with Crippen LogP contribution in [-0.4, -0.2) is 33.7 Å². The van der Waals surface area contributed by atoms with Gasteiger partial charge >= 0.3 is 0 Å². The molecule has 0 aliphatic rings. The monoisotopic (exact) mass is 224 g/mol. The third-order valence-corrected chi connectivity index (χ3v) is 2.11. The van der Waals surface area contributed by atoms with E-state index in [0.717, 1.165) is 6.29 Å². The number of benzene rings is 1. The summed E-state index contributed by atoms with van der Waals surface area (Å²) in [7, 11) is 3.33. The second kappa shape index (κ2) is 5.97. The summed E-state index contributed by atoms with van der Waals surface area (Å²) in [5.41, 5.74) is 7.54. The molecule has 0 unspecified atom stereocenters. The van der Waals surface area contributed by atoms with Crippen LogP contribution in [0.15, 0.2) is 12.1 Å². The summed E-state index contributed by atoms with van der Waals surface area (Å²) in [6, 6.07) is 3.28. The second-order valence-electron chi connectivity index (χ2n) is 3.19. The Morgan fingerprint density at radius 3 is 2.75 bits per heavy atom. The Balaban J connectivity index is 2.92. The van der Waals surface area contributed by atoms with Crippen molar-refractivity contribution >= 4 is 17.7 Å². The minimum atomic E-state index is 0.395. The SMILES string of the molecule is CNc1cc(C=O)cc(OCCOC)c1N. The fraction of sp³-hybridized carbons (Fsp3) is 0.364. The zero-order chi connectivity index (χ0) is 12.0. The minimum absolute atomic E-state index is 0.395. The van der Waals surface area contributed by atoms with Crippen LogP contribution in [0, 0.1) is 0 Å². The van der Waals surface area contributed by atoms with Gasteiger partial charge in [-0.25, -0.2) is 0 Å². The number of rotatable bonds is 6. The van der Waals surface area contributed by atoms with Crippen LogP contribution in [-0.2, 0) is 4.74 Å². The van der Waals surface area contributed by atoms with Gasteiger partial charge in [-0.2, -0.15) is 0 Å². The molecule has 0 spiro atoms. The van der Waals surface area contributed by atoms with E-state index in [4.69, 9.17) is 15.2 Å². The Kier molecular flexibility index (Phi) is 4.60. The first-order valence-corrected chi connectivity index (χ1v) is 4.91. The number of carbonyl (C=O) groups excluding carboxylic acids is 1. The van der Waals surface area contributed by atoms with Gasteiger partial charge in [-0.05, 0) is 12.1 Å². The molecule has 0 fully saturated rings. The van der Waals surface area contributed by atoms with E-state index in [2.05, 4.69) is 5.32 Å². The quantitative estimate of drug-likeness (QED) is 0.431. The van der Waals surface area contributed by atoms with Crippen molar-refractivity contribution in [2.45, 2.75) is 0 Å². The molecule has 1 rings (SSSR count). The normalized spacial score (nSPS) is 9.88. The molecule has 5 nitrogen and oxygen atoms in total. The summed E-state index contributed by atoms with van der Waals surface area (Å²) in [5.74, 6) is 0.492. The Labute approximate surface area is 94.5 Å². The summed E-state index contributed by atoms with van der Waals surface area (Å²) in [6.07, 6.45) is 0.753. The van der Waals surface area contributed by atoms with Crippen molar-refractivity contribution in [1.29, 1.82) is 0 Å². The number of anilines is 2. The predicted octanol–water partition coefficient (Wildman–Crippen LogP) is 1.15. The van der Waals surface area contributed by atoms with Crippen molar-refractivity contribution in [2.75, 3.05) is 38.4 Å². The number of hydrogen-bond donors (Lipinski definition) is 2. The van der Waals surface area contributed by atoms with Gasteiger partial charge in [-0.3, -0.25) is 4.79 Å². The number of ether oxygens (including phenoxy) is 2. The first-order chi connectivity index (χ1) is 7.72. The van der Waals surface area contributed by atoms with E-state index in [1.165, 1.54) is 0 Å². The molecule has 3 N–H and O–H groups in total. The Hall–Kier alpha value is -1.75. The molecule has 0 saturated carbocycles. The van der Waals surface area contributed by atoms with E-state index in [-0.39, 0.29) is 0 Å². The Morgan fingerprint density at radius 2 is 2.19 bits per heavy atom. The van der Waals surface area contributed by atoms with Crippen molar-refractivity contribution in [3.8, 4) is 5.75 Å². The van der Waals surface area contributed by atoms with Crippen LogP contribution in [0.3, 0.4) is 0 Å². The largest absolute Gasteiger partial charge is 0.489 e. The molecule has 1 aromatic carbocycles. The molecule has 0 radical (unpaired) electrons. The second-order valence-corrected chi connectivity index (χ2v) is 3.19.